The van der Waals surface area contributed by atoms with Crippen LogP contribution in [0.15, 0.2) is 22.9 Å². The number of likely N-dealkylation sites (tertiary alicyclic amines) is 1. The zero-order chi connectivity index (χ0) is 17.1. The summed E-state index contributed by atoms with van der Waals surface area (Å²) in [5.41, 5.74) is 0.367. The molecule has 2 aromatic heterocycles. The maximum atomic E-state index is 12.3. The lowest BCUT2D eigenvalue weighted by molar-refractivity contribution is -0.121. The summed E-state index contributed by atoms with van der Waals surface area (Å²) in [6, 6.07) is 3.68. The number of hydrogen-bond donors (Lipinski definition) is 1. The Labute approximate surface area is 147 Å². The van der Waals surface area contributed by atoms with E-state index in [1.54, 1.807) is 10.3 Å². The first-order valence-corrected chi connectivity index (χ1v) is 9.40. The normalized spacial score (nSPS) is 15.3. The van der Waals surface area contributed by atoms with E-state index in [2.05, 4.69) is 10.3 Å². The van der Waals surface area contributed by atoms with Crippen LogP contribution in [0.25, 0.3) is 0 Å². The lowest BCUT2D eigenvalue weighted by atomic mass is 9.96. The van der Waals surface area contributed by atoms with Crippen molar-refractivity contribution in [2.75, 3.05) is 18.4 Å². The predicted molar refractivity (Wildman–Crippen MR) is 93.7 cm³/mol. The number of carbonyl (C=O) groups is 3. The van der Waals surface area contributed by atoms with Crippen molar-refractivity contribution in [1.29, 1.82) is 0 Å². The minimum absolute atomic E-state index is 0.0369. The first-order valence-electron chi connectivity index (χ1n) is 7.64. The van der Waals surface area contributed by atoms with Crippen LogP contribution >= 0.6 is 22.7 Å². The highest BCUT2D eigenvalue weighted by Gasteiger charge is 2.28. The summed E-state index contributed by atoms with van der Waals surface area (Å²) in [6.45, 7) is 2.59. The number of amides is 2. The van der Waals surface area contributed by atoms with Crippen LogP contribution in [0.3, 0.4) is 0 Å². The fraction of sp³-hybridized carbons (Fsp3) is 0.375. The third kappa shape index (κ3) is 3.70. The lowest BCUT2D eigenvalue weighted by Crippen LogP contribution is -2.41. The summed E-state index contributed by atoms with van der Waals surface area (Å²) in [6.07, 6.45) is 1.27. The van der Waals surface area contributed by atoms with Crippen LogP contribution in [0.4, 0.5) is 5.13 Å². The van der Waals surface area contributed by atoms with Gasteiger partial charge in [-0.1, -0.05) is 6.07 Å². The molecule has 0 spiro atoms. The number of carbonyl (C=O) groups excluding carboxylic acids is 3. The summed E-state index contributed by atoms with van der Waals surface area (Å²) < 4.78 is 0. The van der Waals surface area contributed by atoms with E-state index >= 15 is 0 Å². The average molecular weight is 363 g/mol. The van der Waals surface area contributed by atoms with Crippen LogP contribution in [0.5, 0.6) is 0 Å². The van der Waals surface area contributed by atoms with E-state index < -0.39 is 0 Å². The van der Waals surface area contributed by atoms with Crippen molar-refractivity contribution in [3.05, 3.63) is 33.5 Å². The molecule has 0 atom stereocenters. The van der Waals surface area contributed by atoms with Gasteiger partial charge in [-0.05, 0) is 24.3 Å². The van der Waals surface area contributed by atoms with Gasteiger partial charge in [-0.25, -0.2) is 4.98 Å². The smallest absolute Gasteiger partial charge is 0.263 e. The molecule has 3 rings (SSSR count). The molecular formula is C16H17N3O3S2. The Balaban J connectivity index is 1.53. The SMILES string of the molecule is CC(=O)c1csc(NC(=O)C2CCN(C(=O)c3cccs3)CC2)n1. The second-order valence-electron chi connectivity index (χ2n) is 5.63. The largest absolute Gasteiger partial charge is 0.338 e. The molecule has 2 amide bonds. The quantitative estimate of drug-likeness (QED) is 0.847. The van der Waals surface area contributed by atoms with Crippen molar-refractivity contribution < 1.29 is 14.4 Å². The standard InChI is InChI=1S/C16H17N3O3S2/c1-10(20)12-9-24-16(17-12)18-14(21)11-4-6-19(7-5-11)15(22)13-3-2-8-23-13/h2-3,8-9,11H,4-7H2,1H3,(H,17,18,21). The van der Waals surface area contributed by atoms with Crippen molar-refractivity contribution in [1.82, 2.24) is 9.88 Å². The predicted octanol–water partition coefficient (Wildman–Crippen LogP) is 2.90. The van der Waals surface area contributed by atoms with Crippen LogP contribution in [-0.2, 0) is 4.79 Å². The maximum Gasteiger partial charge on any atom is 0.263 e. The van der Waals surface area contributed by atoms with E-state index in [9.17, 15) is 14.4 Å². The molecule has 0 bridgehead atoms. The van der Waals surface area contributed by atoms with E-state index in [-0.39, 0.29) is 23.5 Å². The number of rotatable bonds is 4. The van der Waals surface area contributed by atoms with Gasteiger partial charge in [0.05, 0.1) is 4.88 Å². The van der Waals surface area contributed by atoms with Crippen LogP contribution in [-0.4, -0.2) is 40.6 Å². The number of thiophene rings is 1. The Morgan fingerprint density at radius 2 is 2.00 bits per heavy atom. The van der Waals surface area contributed by atoms with Crippen molar-refractivity contribution >= 4 is 45.4 Å². The molecule has 0 aliphatic carbocycles. The monoisotopic (exact) mass is 363 g/mol. The molecule has 1 aliphatic heterocycles. The second kappa shape index (κ2) is 7.23. The van der Waals surface area contributed by atoms with Crippen molar-refractivity contribution in [3.63, 3.8) is 0 Å². The zero-order valence-corrected chi connectivity index (χ0v) is 14.8. The molecular weight excluding hydrogens is 346 g/mol. The first-order chi connectivity index (χ1) is 11.5. The Morgan fingerprint density at radius 3 is 2.58 bits per heavy atom. The molecule has 1 N–H and O–H groups in total. The minimum Gasteiger partial charge on any atom is -0.338 e. The fourth-order valence-electron chi connectivity index (χ4n) is 2.60. The lowest BCUT2D eigenvalue weighted by Gasteiger charge is -2.30. The molecule has 126 valence electrons. The topological polar surface area (TPSA) is 79.4 Å². The van der Waals surface area contributed by atoms with Crippen LogP contribution in [0.2, 0.25) is 0 Å². The number of hydrogen-bond acceptors (Lipinski definition) is 6. The highest BCUT2D eigenvalue weighted by Crippen LogP contribution is 2.23. The fourth-order valence-corrected chi connectivity index (χ4v) is 4.04. The highest BCUT2D eigenvalue weighted by atomic mass is 32.1. The Bertz CT molecular complexity index is 746. The third-order valence-electron chi connectivity index (χ3n) is 3.98. The van der Waals surface area contributed by atoms with E-state index in [1.165, 1.54) is 29.6 Å². The van der Waals surface area contributed by atoms with E-state index in [4.69, 9.17) is 0 Å². The third-order valence-corrected chi connectivity index (χ3v) is 5.60. The number of nitrogens with zero attached hydrogens (tertiary/aromatic N) is 2. The Kier molecular flexibility index (Phi) is 5.06. The maximum absolute atomic E-state index is 12.3. The number of Topliss-reactive ketones (excluding diaryl/α,β-unsaturated/α-hetero) is 1. The molecule has 1 fully saturated rings. The summed E-state index contributed by atoms with van der Waals surface area (Å²) in [7, 11) is 0. The number of ketones is 1. The van der Waals surface area contributed by atoms with Crippen molar-refractivity contribution in [3.8, 4) is 0 Å². The van der Waals surface area contributed by atoms with Gasteiger partial charge in [-0.15, -0.1) is 22.7 Å². The van der Waals surface area contributed by atoms with Gasteiger partial charge in [0, 0.05) is 31.3 Å². The minimum atomic E-state index is -0.137. The number of anilines is 1. The first kappa shape index (κ1) is 16.8. The molecule has 8 heteroatoms. The molecule has 2 aromatic rings. The molecule has 3 heterocycles. The molecule has 0 unspecified atom stereocenters. The highest BCUT2D eigenvalue weighted by molar-refractivity contribution is 7.14. The van der Waals surface area contributed by atoms with E-state index in [0.717, 1.165) is 4.88 Å². The van der Waals surface area contributed by atoms with Gasteiger partial charge in [0.15, 0.2) is 10.9 Å². The van der Waals surface area contributed by atoms with Crippen molar-refractivity contribution in [2.45, 2.75) is 19.8 Å². The second-order valence-corrected chi connectivity index (χ2v) is 7.43. The van der Waals surface area contributed by atoms with Crippen LogP contribution < -0.4 is 5.32 Å². The average Bonchev–Trinajstić information content (AvgIpc) is 3.26. The van der Waals surface area contributed by atoms with Gasteiger partial charge in [0.2, 0.25) is 5.91 Å². The van der Waals surface area contributed by atoms with Gasteiger partial charge in [0.1, 0.15) is 5.69 Å². The molecule has 1 saturated heterocycles. The van der Waals surface area contributed by atoms with Crippen molar-refractivity contribution in [2.24, 2.45) is 5.92 Å². The van der Waals surface area contributed by atoms with E-state index in [0.29, 0.717) is 36.8 Å². The molecule has 0 radical (unpaired) electrons. The summed E-state index contributed by atoms with van der Waals surface area (Å²) >= 11 is 2.68. The zero-order valence-electron chi connectivity index (χ0n) is 13.2. The van der Waals surface area contributed by atoms with Crippen LogP contribution in [0, 0.1) is 5.92 Å². The molecule has 0 aromatic carbocycles. The molecule has 1 aliphatic rings. The number of piperidine rings is 1. The van der Waals surface area contributed by atoms with Crippen LogP contribution in [0.1, 0.15) is 39.9 Å². The Morgan fingerprint density at radius 1 is 1.25 bits per heavy atom. The summed E-state index contributed by atoms with van der Waals surface area (Å²) in [4.78, 5) is 42.5. The molecule has 0 saturated carbocycles. The molecule has 24 heavy (non-hydrogen) atoms. The number of thiazole rings is 1. The van der Waals surface area contributed by atoms with E-state index in [1.807, 2.05) is 17.5 Å². The van der Waals surface area contributed by atoms with Gasteiger partial charge in [0.25, 0.3) is 5.91 Å². The Hall–Kier alpha value is -2.06. The number of aromatic nitrogens is 1. The van der Waals surface area contributed by atoms with Gasteiger partial charge in [-0.3, -0.25) is 14.4 Å². The van der Waals surface area contributed by atoms with Gasteiger partial charge in [-0.2, -0.15) is 0 Å². The summed E-state index contributed by atoms with van der Waals surface area (Å²) in [5, 5.41) is 6.74. The van der Waals surface area contributed by atoms with Gasteiger partial charge < -0.3 is 10.2 Å². The van der Waals surface area contributed by atoms with Gasteiger partial charge >= 0.3 is 0 Å². The molecule has 6 nitrogen and oxygen atoms in total. The number of nitrogens with one attached hydrogen (secondary N) is 1. The summed E-state index contributed by atoms with van der Waals surface area (Å²) in [5.74, 6) is -0.313.